The van der Waals surface area contributed by atoms with Crippen molar-refractivity contribution in [3.8, 4) is 0 Å². The lowest BCUT2D eigenvalue weighted by Gasteiger charge is -2.38. The van der Waals surface area contributed by atoms with Crippen LogP contribution in [-0.2, 0) is 10.3 Å². The molecule has 1 aromatic rings. The van der Waals surface area contributed by atoms with Crippen molar-refractivity contribution in [1.82, 2.24) is 4.98 Å². The van der Waals surface area contributed by atoms with Gasteiger partial charge in [0.25, 0.3) is 0 Å². The molecule has 1 saturated heterocycles. The Hall–Kier alpha value is -0.450. The molecule has 1 aliphatic heterocycles. The maximum absolute atomic E-state index is 6.54. The average molecular weight is 254 g/mol. The molecular weight excluding hydrogens is 232 g/mol. The number of hydrogen-bond donors (Lipinski definition) is 1. The molecule has 2 heterocycles. The molecule has 17 heavy (non-hydrogen) atoms. The fraction of sp³-hybridized carbons (Fsp3) is 0.769. The zero-order chi connectivity index (χ0) is 12.6. The molecule has 4 heteroatoms. The highest BCUT2D eigenvalue weighted by Crippen LogP contribution is 2.37. The molecule has 0 bridgehead atoms. The van der Waals surface area contributed by atoms with Crippen LogP contribution in [0.25, 0.3) is 0 Å². The van der Waals surface area contributed by atoms with Gasteiger partial charge >= 0.3 is 0 Å². The van der Waals surface area contributed by atoms with Gasteiger partial charge in [0.15, 0.2) is 0 Å². The fourth-order valence-corrected chi connectivity index (χ4v) is 3.67. The van der Waals surface area contributed by atoms with Gasteiger partial charge in [-0.2, -0.15) is 0 Å². The van der Waals surface area contributed by atoms with Crippen LogP contribution in [-0.4, -0.2) is 17.2 Å². The first-order valence-electron chi connectivity index (χ1n) is 6.31. The Morgan fingerprint density at radius 3 is 2.47 bits per heavy atom. The topological polar surface area (TPSA) is 48.1 Å². The van der Waals surface area contributed by atoms with E-state index in [2.05, 4.69) is 33.1 Å². The van der Waals surface area contributed by atoms with Gasteiger partial charge in [-0.25, -0.2) is 4.98 Å². The predicted octanol–water partition coefficient (Wildman–Crippen LogP) is 3.01. The van der Waals surface area contributed by atoms with Crippen molar-refractivity contribution in [3.05, 3.63) is 16.1 Å². The molecule has 2 rings (SSSR count). The van der Waals surface area contributed by atoms with Crippen LogP contribution in [0.4, 0.5) is 0 Å². The van der Waals surface area contributed by atoms with Gasteiger partial charge in [-0.05, 0) is 32.6 Å². The monoisotopic (exact) mass is 254 g/mol. The van der Waals surface area contributed by atoms with E-state index in [9.17, 15) is 0 Å². The maximum atomic E-state index is 6.54. The van der Waals surface area contributed by atoms with E-state index in [1.165, 1.54) is 0 Å². The van der Waals surface area contributed by atoms with Crippen LogP contribution in [0.1, 0.15) is 57.2 Å². The van der Waals surface area contributed by atoms with Crippen LogP contribution in [0.5, 0.6) is 0 Å². The number of rotatable bonds is 2. The molecule has 0 spiro atoms. The van der Waals surface area contributed by atoms with E-state index < -0.39 is 0 Å². The molecule has 0 amide bonds. The first kappa shape index (κ1) is 13.0. The summed E-state index contributed by atoms with van der Waals surface area (Å²) < 4.78 is 5.75. The van der Waals surface area contributed by atoms with E-state index in [0.29, 0.717) is 5.92 Å². The summed E-state index contributed by atoms with van der Waals surface area (Å²) in [6.45, 7) is 8.51. The smallest absolute Gasteiger partial charge is 0.113 e. The van der Waals surface area contributed by atoms with Gasteiger partial charge in [-0.15, -0.1) is 11.3 Å². The normalized spacial score (nSPS) is 34.2. The van der Waals surface area contributed by atoms with Gasteiger partial charge in [0.2, 0.25) is 0 Å². The zero-order valence-electron chi connectivity index (χ0n) is 11.1. The molecular formula is C13H22N2OS. The first-order valence-corrected chi connectivity index (χ1v) is 7.19. The Labute approximate surface area is 107 Å². The summed E-state index contributed by atoms with van der Waals surface area (Å²) in [6.07, 6.45) is 2.16. The van der Waals surface area contributed by atoms with Crippen LogP contribution >= 0.6 is 11.3 Å². The van der Waals surface area contributed by atoms with Crippen molar-refractivity contribution >= 4 is 11.3 Å². The minimum Gasteiger partial charge on any atom is -0.375 e. The summed E-state index contributed by atoms with van der Waals surface area (Å²) in [6, 6.07) is 0. The molecule has 0 aromatic carbocycles. The molecule has 1 fully saturated rings. The number of nitrogens with zero attached hydrogens (tertiary/aromatic N) is 1. The van der Waals surface area contributed by atoms with Crippen molar-refractivity contribution in [3.63, 3.8) is 0 Å². The molecule has 2 atom stereocenters. The van der Waals surface area contributed by atoms with E-state index >= 15 is 0 Å². The number of nitrogens with two attached hydrogens (primary N) is 1. The quantitative estimate of drug-likeness (QED) is 0.882. The third kappa shape index (κ3) is 2.69. The van der Waals surface area contributed by atoms with E-state index in [1.54, 1.807) is 11.3 Å². The van der Waals surface area contributed by atoms with Crippen LogP contribution in [0.15, 0.2) is 5.38 Å². The largest absolute Gasteiger partial charge is 0.375 e. The van der Waals surface area contributed by atoms with Crippen molar-refractivity contribution in [2.45, 2.75) is 64.2 Å². The molecule has 3 nitrogen and oxygen atoms in total. The van der Waals surface area contributed by atoms with Gasteiger partial charge in [0.1, 0.15) is 5.01 Å². The van der Waals surface area contributed by atoms with E-state index in [-0.39, 0.29) is 17.7 Å². The number of thiazole rings is 1. The molecule has 0 radical (unpaired) electrons. The van der Waals surface area contributed by atoms with Crippen LogP contribution in [0, 0.1) is 0 Å². The second-order valence-corrected chi connectivity index (χ2v) is 6.41. The standard InChI is InChI=1S/C13H22N2OS/c1-8(2)11-7-17-12(15-11)13(14)5-9(3)16-10(4)6-13/h7-10H,5-6,14H2,1-4H3. The second kappa shape index (κ2) is 4.67. The highest BCUT2D eigenvalue weighted by atomic mass is 32.1. The van der Waals surface area contributed by atoms with Gasteiger partial charge in [-0.3, -0.25) is 0 Å². The Kier molecular flexibility index (Phi) is 3.57. The average Bonchev–Trinajstić information content (AvgIpc) is 2.63. The summed E-state index contributed by atoms with van der Waals surface area (Å²) in [4.78, 5) is 4.71. The first-order chi connectivity index (χ1) is 7.90. The van der Waals surface area contributed by atoms with Crippen molar-refractivity contribution < 1.29 is 4.74 Å². The SMILES string of the molecule is CC1CC(N)(c2nc(C(C)C)cs2)CC(C)O1. The summed E-state index contributed by atoms with van der Waals surface area (Å²) in [5.41, 5.74) is 7.40. The highest BCUT2D eigenvalue weighted by Gasteiger charge is 2.39. The van der Waals surface area contributed by atoms with Crippen molar-refractivity contribution in [2.75, 3.05) is 0 Å². The van der Waals surface area contributed by atoms with Crippen LogP contribution < -0.4 is 5.73 Å². The molecule has 1 aromatic heterocycles. The van der Waals surface area contributed by atoms with E-state index in [0.717, 1.165) is 23.5 Å². The van der Waals surface area contributed by atoms with E-state index in [1.807, 2.05) is 0 Å². The molecule has 2 unspecified atom stereocenters. The number of aromatic nitrogens is 1. The summed E-state index contributed by atoms with van der Waals surface area (Å²) in [5.74, 6) is 0.471. The predicted molar refractivity (Wildman–Crippen MR) is 71.3 cm³/mol. The van der Waals surface area contributed by atoms with Gasteiger partial charge in [-0.1, -0.05) is 13.8 Å². The summed E-state index contributed by atoms with van der Waals surface area (Å²) >= 11 is 1.70. The molecule has 96 valence electrons. The highest BCUT2D eigenvalue weighted by molar-refractivity contribution is 7.09. The molecule has 2 N–H and O–H groups in total. The zero-order valence-corrected chi connectivity index (χ0v) is 11.9. The summed E-state index contributed by atoms with van der Waals surface area (Å²) in [7, 11) is 0. The lowest BCUT2D eigenvalue weighted by molar-refractivity contribution is -0.0619. The minimum atomic E-state index is -0.297. The van der Waals surface area contributed by atoms with Gasteiger partial charge in [0.05, 0.1) is 23.4 Å². The lowest BCUT2D eigenvalue weighted by Crippen LogP contribution is -2.47. The third-order valence-corrected chi connectivity index (χ3v) is 4.39. The Morgan fingerprint density at radius 2 is 2.00 bits per heavy atom. The van der Waals surface area contributed by atoms with E-state index in [4.69, 9.17) is 15.5 Å². The minimum absolute atomic E-state index is 0.218. The molecule has 0 saturated carbocycles. The van der Waals surface area contributed by atoms with Gasteiger partial charge in [0, 0.05) is 5.38 Å². The molecule has 0 aliphatic carbocycles. The number of hydrogen-bond acceptors (Lipinski definition) is 4. The van der Waals surface area contributed by atoms with Crippen molar-refractivity contribution in [1.29, 1.82) is 0 Å². The third-order valence-electron chi connectivity index (χ3n) is 3.31. The lowest BCUT2D eigenvalue weighted by atomic mass is 9.85. The Balaban J connectivity index is 2.24. The Bertz CT molecular complexity index is 379. The van der Waals surface area contributed by atoms with Gasteiger partial charge < -0.3 is 10.5 Å². The Morgan fingerprint density at radius 1 is 1.41 bits per heavy atom. The second-order valence-electron chi connectivity index (χ2n) is 5.55. The number of ether oxygens (including phenoxy) is 1. The molecule has 1 aliphatic rings. The maximum Gasteiger partial charge on any atom is 0.113 e. The van der Waals surface area contributed by atoms with Crippen molar-refractivity contribution in [2.24, 2.45) is 5.73 Å². The van der Waals surface area contributed by atoms with Crippen LogP contribution in [0.3, 0.4) is 0 Å². The summed E-state index contributed by atoms with van der Waals surface area (Å²) in [5, 5.41) is 3.21. The van der Waals surface area contributed by atoms with Crippen LogP contribution in [0.2, 0.25) is 0 Å². The fourth-order valence-electron chi connectivity index (χ4n) is 2.56.